The van der Waals surface area contributed by atoms with Gasteiger partial charge < -0.3 is 5.73 Å². The fraction of sp³-hybridized carbons (Fsp3) is 0.538. The Labute approximate surface area is 110 Å². The summed E-state index contributed by atoms with van der Waals surface area (Å²) in [6, 6.07) is 6.87. The third-order valence-electron chi connectivity index (χ3n) is 2.72. The van der Waals surface area contributed by atoms with Crippen LogP contribution in [0, 0.1) is 0 Å². The quantitative estimate of drug-likeness (QED) is 0.823. The van der Waals surface area contributed by atoms with Crippen molar-refractivity contribution < 1.29 is 8.42 Å². The van der Waals surface area contributed by atoms with Gasteiger partial charge in [0.15, 0.2) is 0 Å². The molecule has 4 nitrogen and oxygen atoms in total. The molecule has 0 aliphatic carbocycles. The third kappa shape index (κ3) is 3.54. The summed E-state index contributed by atoms with van der Waals surface area (Å²) >= 11 is 0. The molecule has 0 atom stereocenters. The van der Waals surface area contributed by atoms with E-state index in [2.05, 4.69) is 0 Å². The van der Waals surface area contributed by atoms with E-state index >= 15 is 0 Å². The van der Waals surface area contributed by atoms with Gasteiger partial charge in [-0.05, 0) is 30.5 Å². The van der Waals surface area contributed by atoms with Gasteiger partial charge in [0.25, 0.3) is 0 Å². The van der Waals surface area contributed by atoms with Crippen LogP contribution in [-0.4, -0.2) is 25.8 Å². The first-order valence-electron chi connectivity index (χ1n) is 6.35. The summed E-state index contributed by atoms with van der Waals surface area (Å²) in [6.07, 6.45) is 1.63. The van der Waals surface area contributed by atoms with Crippen LogP contribution in [0.1, 0.15) is 32.3 Å². The topological polar surface area (TPSA) is 63.4 Å². The number of sulfonamides is 1. The summed E-state index contributed by atoms with van der Waals surface area (Å²) in [5.74, 6) is 0. The van der Waals surface area contributed by atoms with Crippen LogP contribution in [0.3, 0.4) is 0 Å². The highest BCUT2D eigenvalue weighted by molar-refractivity contribution is 7.89. The van der Waals surface area contributed by atoms with Gasteiger partial charge in [-0.2, -0.15) is 4.31 Å². The maximum Gasteiger partial charge on any atom is 0.243 e. The Balaban J connectivity index is 3.08. The Morgan fingerprint density at radius 2 is 1.78 bits per heavy atom. The summed E-state index contributed by atoms with van der Waals surface area (Å²) in [6.45, 7) is 5.43. The van der Waals surface area contributed by atoms with Crippen molar-refractivity contribution in [1.82, 2.24) is 4.31 Å². The molecule has 0 saturated carbocycles. The van der Waals surface area contributed by atoms with Crippen LogP contribution in [0.4, 0.5) is 0 Å². The smallest absolute Gasteiger partial charge is 0.243 e. The maximum atomic E-state index is 12.5. The highest BCUT2D eigenvalue weighted by atomic mass is 32.2. The van der Waals surface area contributed by atoms with E-state index in [9.17, 15) is 8.42 Å². The fourth-order valence-electron chi connectivity index (χ4n) is 1.83. The number of nitrogens with zero attached hydrogens (tertiary/aromatic N) is 1. The van der Waals surface area contributed by atoms with Crippen LogP contribution in [-0.2, 0) is 16.6 Å². The van der Waals surface area contributed by atoms with Gasteiger partial charge in [0.05, 0.1) is 4.90 Å². The lowest BCUT2D eigenvalue weighted by molar-refractivity contribution is 0.410. The molecule has 0 saturated heterocycles. The van der Waals surface area contributed by atoms with E-state index in [0.29, 0.717) is 24.5 Å². The molecular weight excluding hydrogens is 248 g/mol. The highest BCUT2D eigenvalue weighted by Crippen LogP contribution is 2.17. The van der Waals surface area contributed by atoms with Crippen LogP contribution in [0.15, 0.2) is 29.2 Å². The van der Waals surface area contributed by atoms with Crippen LogP contribution in [0.25, 0.3) is 0 Å². The molecule has 0 aliphatic heterocycles. The first-order valence-corrected chi connectivity index (χ1v) is 7.79. The summed E-state index contributed by atoms with van der Waals surface area (Å²) in [7, 11) is -3.38. The largest absolute Gasteiger partial charge is 0.326 e. The Kier molecular flexibility index (Phi) is 5.78. The maximum absolute atomic E-state index is 12.5. The molecule has 1 aromatic carbocycles. The van der Waals surface area contributed by atoms with Crippen molar-refractivity contribution in [3.05, 3.63) is 29.8 Å². The minimum atomic E-state index is -3.38. The van der Waals surface area contributed by atoms with Crippen molar-refractivity contribution in [1.29, 1.82) is 0 Å². The second-order valence-electron chi connectivity index (χ2n) is 4.26. The average molecular weight is 270 g/mol. The third-order valence-corrected chi connectivity index (χ3v) is 4.61. The molecule has 0 aromatic heterocycles. The van der Waals surface area contributed by atoms with Crippen molar-refractivity contribution in [2.45, 2.75) is 38.1 Å². The van der Waals surface area contributed by atoms with E-state index in [4.69, 9.17) is 5.73 Å². The Morgan fingerprint density at radius 1 is 1.17 bits per heavy atom. The van der Waals surface area contributed by atoms with Gasteiger partial charge in [0.2, 0.25) is 10.0 Å². The molecule has 0 unspecified atom stereocenters. The van der Waals surface area contributed by atoms with Gasteiger partial charge in [-0.1, -0.05) is 26.0 Å². The first-order chi connectivity index (χ1) is 8.56. The zero-order valence-electron chi connectivity index (χ0n) is 11.1. The van der Waals surface area contributed by atoms with Gasteiger partial charge in [-0.15, -0.1) is 0 Å². The molecule has 0 radical (unpaired) electrons. The number of hydrogen-bond acceptors (Lipinski definition) is 3. The lowest BCUT2D eigenvalue weighted by atomic mass is 10.2. The lowest BCUT2D eigenvalue weighted by Gasteiger charge is -2.21. The van der Waals surface area contributed by atoms with E-state index in [1.807, 2.05) is 19.9 Å². The van der Waals surface area contributed by atoms with Crippen molar-refractivity contribution in [3.8, 4) is 0 Å². The minimum Gasteiger partial charge on any atom is -0.326 e. The summed E-state index contributed by atoms with van der Waals surface area (Å²) in [5, 5.41) is 0. The normalized spacial score (nSPS) is 12.0. The van der Waals surface area contributed by atoms with Gasteiger partial charge >= 0.3 is 0 Å². The Bertz CT molecular complexity index is 466. The molecule has 18 heavy (non-hydrogen) atoms. The van der Waals surface area contributed by atoms with E-state index < -0.39 is 10.0 Å². The zero-order chi connectivity index (χ0) is 13.6. The van der Waals surface area contributed by atoms with E-state index in [1.54, 1.807) is 22.5 Å². The number of hydrogen-bond donors (Lipinski definition) is 1. The fourth-order valence-corrected chi connectivity index (χ4v) is 3.53. The molecule has 0 aliphatic rings. The SMILES string of the molecule is CCCN(CCC)S(=O)(=O)c1cccc(CN)c1. The molecule has 2 N–H and O–H groups in total. The van der Waals surface area contributed by atoms with Crippen molar-refractivity contribution in [2.24, 2.45) is 5.73 Å². The average Bonchev–Trinajstić information content (AvgIpc) is 2.38. The molecular formula is C13H22N2O2S. The molecule has 5 heteroatoms. The summed E-state index contributed by atoms with van der Waals surface area (Å²) in [5.41, 5.74) is 6.38. The molecule has 102 valence electrons. The second-order valence-corrected chi connectivity index (χ2v) is 6.19. The Hall–Kier alpha value is -0.910. The van der Waals surface area contributed by atoms with Gasteiger partial charge in [0.1, 0.15) is 0 Å². The van der Waals surface area contributed by atoms with Crippen LogP contribution < -0.4 is 5.73 Å². The van der Waals surface area contributed by atoms with E-state index in [0.717, 1.165) is 18.4 Å². The molecule has 0 fully saturated rings. The van der Waals surface area contributed by atoms with E-state index in [-0.39, 0.29) is 0 Å². The molecule has 1 rings (SSSR count). The summed E-state index contributed by atoms with van der Waals surface area (Å²) < 4.78 is 26.5. The second kappa shape index (κ2) is 6.87. The molecule has 0 heterocycles. The first kappa shape index (κ1) is 15.1. The van der Waals surface area contributed by atoms with Crippen molar-refractivity contribution in [2.75, 3.05) is 13.1 Å². The Morgan fingerprint density at radius 3 is 2.28 bits per heavy atom. The standard InChI is InChI=1S/C13H22N2O2S/c1-3-8-15(9-4-2)18(16,17)13-7-5-6-12(10-13)11-14/h5-7,10H,3-4,8-9,11,14H2,1-2H3. The predicted molar refractivity (Wildman–Crippen MR) is 73.7 cm³/mol. The van der Waals surface area contributed by atoms with Gasteiger partial charge in [-0.3, -0.25) is 0 Å². The number of benzene rings is 1. The summed E-state index contributed by atoms with van der Waals surface area (Å²) in [4.78, 5) is 0.340. The van der Waals surface area contributed by atoms with Crippen molar-refractivity contribution in [3.63, 3.8) is 0 Å². The lowest BCUT2D eigenvalue weighted by Crippen LogP contribution is -2.32. The zero-order valence-corrected chi connectivity index (χ0v) is 11.9. The monoisotopic (exact) mass is 270 g/mol. The van der Waals surface area contributed by atoms with Crippen LogP contribution in [0.2, 0.25) is 0 Å². The minimum absolute atomic E-state index is 0.340. The number of rotatable bonds is 7. The molecule has 1 aromatic rings. The van der Waals surface area contributed by atoms with Gasteiger partial charge in [0, 0.05) is 19.6 Å². The highest BCUT2D eigenvalue weighted by Gasteiger charge is 2.22. The van der Waals surface area contributed by atoms with Crippen LogP contribution in [0.5, 0.6) is 0 Å². The predicted octanol–water partition coefficient (Wildman–Crippen LogP) is 1.96. The number of nitrogens with two attached hydrogens (primary N) is 1. The van der Waals surface area contributed by atoms with Crippen molar-refractivity contribution >= 4 is 10.0 Å². The van der Waals surface area contributed by atoms with Crippen LogP contribution >= 0.6 is 0 Å². The molecule has 0 bridgehead atoms. The van der Waals surface area contributed by atoms with E-state index in [1.165, 1.54) is 0 Å². The molecule has 0 amide bonds. The molecule has 0 spiro atoms. The van der Waals surface area contributed by atoms with Gasteiger partial charge in [-0.25, -0.2) is 8.42 Å².